The highest BCUT2D eigenvalue weighted by molar-refractivity contribution is 7.14. The van der Waals surface area contributed by atoms with Gasteiger partial charge in [0.1, 0.15) is 5.69 Å². The first-order valence-electron chi connectivity index (χ1n) is 4.25. The van der Waals surface area contributed by atoms with E-state index in [1.165, 1.54) is 23.6 Å². The molecular formula is C8H11N3O3S. The number of nitrogens with zero attached hydrogens (tertiary/aromatic N) is 1. The third-order valence-electron chi connectivity index (χ3n) is 1.42. The maximum atomic E-state index is 11.3. The van der Waals surface area contributed by atoms with Crippen molar-refractivity contribution in [1.29, 1.82) is 0 Å². The molecule has 0 saturated carbocycles. The van der Waals surface area contributed by atoms with Crippen molar-refractivity contribution in [2.75, 3.05) is 18.5 Å². The molecule has 2 amide bonds. The standard InChI is InChI=1S/C8H11N3O3S/c1-5(13)10-8-11-6(4-15-8)7(14)9-2-3-12/h4,12H,2-3H2,1H3,(H,9,14)(H,10,11,13). The van der Waals surface area contributed by atoms with Crippen molar-refractivity contribution in [2.45, 2.75) is 6.92 Å². The van der Waals surface area contributed by atoms with E-state index >= 15 is 0 Å². The Kier molecular flexibility index (Phi) is 4.19. The van der Waals surface area contributed by atoms with E-state index in [-0.39, 0.29) is 30.7 Å². The smallest absolute Gasteiger partial charge is 0.270 e. The first-order chi connectivity index (χ1) is 7.13. The second kappa shape index (κ2) is 5.42. The summed E-state index contributed by atoms with van der Waals surface area (Å²) < 4.78 is 0. The summed E-state index contributed by atoms with van der Waals surface area (Å²) in [5.74, 6) is -0.594. The van der Waals surface area contributed by atoms with Crippen LogP contribution < -0.4 is 10.6 Å². The third kappa shape index (κ3) is 3.64. The Labute approximate surface area is 90.3 Å². The summed E-state index contributed by atoms with van der Waals surface area (Å²) in [4.78, 5) is 25.9. The van der Waals surface area contributed by atoms with Crippen LogP contribution in [0, 0.1) is 0 Å². The zero-order valence-corrected chi connectivity index (χ0v) is 8.93. The predicted molar refractivity (Wildman–Crippen MR) is 55.8 cm³/mol. The Morgan fingerprint density at radius 1 is 1.60 bits per heavy atom. The van der Waals surface area contributed by atoms with Gasteiger partial charge in [-0.1, -0.05) is 0 Å². The number of hydrogen-bond acceptors (Lipinski definition) is 5. The maximum absolute atomic E-state index is 11.3. The zero-order chi connectivity index (χ0) is 11.3. The Morgan fingerprint density at radius 2 is 2.33 bits per heavy atom. The van der Waals surface area contributed by atoms with Gasteiger partial charge in [-0.25, -0.2) is 4.98 Å². The summed E-state index contributed by atoms with van der Waals surface area (Å²) in [6, 6.07) is 0. The average molecular weight is 229 g/mol. The van der Waals surface area contributed by atoms with Crippen molar-refractivity contribution in [3.8, 4) is 0 Å². The number of carbonyl (C=O) groups excluding carboxylic acids is 2. The van der Waals surface area contributed by atoms with Crippen LogP contribution in [0.5, 0.6) is 0 Å². The van der Waals surface area contributed by atoms with Gasteiger partial charge in [-0.2, -0.15) is 0 Å². The van der Waals surface area contributed by atoms with Gasteiger partial charge in [0.05, 0.1) is 6.61 Å². The first kappa shape index (κ1) is 11.6. The van der Waals surface area contributed by atoms with Crippen molar-refractivity contribution >= 4 is 28.3 Å². The fraction of sp³-hybridized carbons (Fsp3) is 0.375. The highest BCUT2D eigenvalue weighted by atomic mass is 32.1. The summed E-state index contributed by atoms with van der Waals surface area (Å²) in [6.45, 7) is 1.44. The summed E-state index contributed by atoms with van der Waals surface area (Å²) in [5, 5.41) is 15.4. The van der Waals surface area contributed by atoms with Gasteiger partial charge in [0, 0.05) is 18.8 Å². The van der Waals surface area contributed by atoms with Crippen LogP contribution in [-0.4, -0.2) is 35.1 Å². The molecule has 0 fully saturated rings. The normalized spacial score (nSPS) is 9.73. The van der Waals surface area contributed by atoms with Crippen LogP contribution in [-0.2, 0) is 4.79 Å². The summed E-state index contributed by atoms with van der Waals surface area (Å²) >= 11 is 1.17. The van der Waals surface area contributed by atoms with E-state index < -0.39 is 0 Å². The molecule has 6 nitrogen and oxygen atoms in total. The van der Waals surface area contributed by atoms with E-state index in [0.29, 0.717) is 5.13 Å². The molecule has 0 aromatic carbocycles. The fourth-order valence-corrected chi connectivity index (χ4v) is 1.58. The number of carbonyl (C=O) groups is 2. The molecule has 0 unspecified atom stereocenters. The molecule has 1 rings (SSSR count). The Morgan fingerprint density at radius 3 is 2.93 bits per heavy atom. The highest BCUT2D eigenvalue weighted by Crippen LogP contribution is 2.14. The fourth-order valence-electron chi connectivity index (χ4n) is 0.846. The number of aliphatic hydroxyl groups excluding tert-OH is 1. The highest BCUT2D eigenvalue weighted by Gasteiger charge is 2.10. The van der Waals surface area contributed by atoms with Gasteiger partial charge in [-0.3, -0.25) is 9.59 Å². The zero-order valence-electron chi connectivity index (χ0n) is 8.11. The van der Waals surface area contributed by atoms with Crippen molar-refractivity contribution in [3.63, 3.8) is 0 Å². The number of aliphatic hydroxyl groups is 1. The third-order valence-corrected chi connectivity index (χ3v) is 2.17. The molecule has 0 aliphatic rings. The molecule has 1 aromatic rings. The van der Waals surface area contributed by atoms with E-state index in [9.17, 15) is 9.59 Å². The predicted octanol–water partition coefficient (Wildman–Crippen LogP) is -0.176. The van der Waals surface area contributed by atoms with E-state index in [1.54, 1.807) is 0 Å². The van der Waals surface area contributed by atoms with E-state index in [4.69, 9.17) is 5.11 Å². The second-order valence-corrected chi connectivity index (χ2v) is 3.56. The minimum Gasteiger partial charge on any atom is -0.395 e. The lowest BCUT2D eigenvalue weighted by molar-refractivity contribution is -0.114. The number of aromatic nitrogens is 1. The minimum atomic E-state index is -0.364. The van der Waals surface area contributed by atoms with E-state index in [2.05, 4.69) is 15.6 Å². The number of hydrogen-bond donors (Lipinski definition) is 3. The van der Waals surface area contributed by atoms with E-state index in [1.807, 2.05) is 0 Å². The molecule has 0 atom stereocenters. The maximum Gasteiger partial charge on any atom is 0.270 e. The van der Waals surface area contributed by atoms with Crippen LogP contribution >= 0.6 is 11.3 Å². The molecule has 0 spiro atoms. The molecule has 82 valence electrons. The molecule has 0 radical (unpaired) electrons. The molecule has 7 heteroatoms. The minimum absolute atomic E-state index is 0.117. The Hall–Kier alpha value is -1.47. The number of thiazole rings is 1. The molecule has 0 aliphatic carbocycles. The molecule has 0 bridgehead atoms. The van der Waals surface area contributed by atoms with Crippen molar-refractivity contribution in [2.24, 2.45) is 0 Å². The van der Waals surface area contributed by atoms with Crippen molar-refractivity contribution in [3.05, 3.63) is 11.1 Å². The number of anilines is 1. The van der Waals surface area contributed by atoms with Crippen LogP contribution in [0.4, 0.5) is 5.13 Å². The summed E-state index contributed by atoms with van der Waals surface area (Å²) in [7, 11) is 0. The molecule has 0 aliphatic heterocycles. The van der Waals surface area contributed by atoms with Gasteiger partial charge in [0.2, 0.25) is 5.91 Å². The number of nitrogens with one attached hydrogen (secondary N) is 2. The van der Waals surface area contributed by atoms with E-state index in [0.717, 1.165) is 0 Å². The van der Waals surface area contributed by atoms with Crippen molar-refractivity contribution < 1.29 is 14.7 Å². The monoisotopic (exact) mass is 229 g/mol. The van der Waals surface area contributed by atoms with Gasteiger partial charge in [-0.05, 0) is 0 Å². The largest absolute Gasteiger partial charge is 0.395 e. The lowest BCUT2D eigenvalue weighted by Crippen LogP contribution is -2.26. The first-order valence-corrected chi connectivity index (χ1v) is 5.13. The van der Waals surface area contributed by atoms with Gasteiger partial charge in [0.15, 0.2) is 5.13 Å². The van der Waals surface area contributed by atoms with Gasteiger partial charge < -0.3 is 15.7 Å². The quantitative estimate of drug-likeness (QED) is 0.668. The molecule has 3 N–H and O–H groups in total. The number of amides is 2. The van der Waals surface area contributed by atoms with Gasteiger partial charge in [0.25, 0.3) is 5.91 Å². The SMILES string of the molecule is CC(=O)Nc1nc(C(=O)NCCO)cs1. The number of rotatable bonds is 4. The van der Waals surface area contributed by atoms with Crippen LogP contribution in [0.3, 0.4) is 0 Å². The molecular weight excluding hydrogens is 218 g/mol. The van der Waals surface area contributed by atoms with Crippen LogP contribution in [0.2, 0.25) is 0 Å². The van der Waals surface area contributed by atoms with Gasteiger partial charge >= 0.3 is 0 Å². The molecule has 1 aromatic heterocycles. The second-order valence-electron chi connectivity index (χ2n) is 2.70. The van der Waals surface area contributed by atoms with Gasteiger partial charge in [-0.15, -0.1) is 11.3 Å². The Balaban J connectivity index is 2.59. The summed E-state index contributed by atoms with van der Waals surface area (Å²) in [5.41, 5.74) is 0.234. The molecule has 15 heavy (non-hydrogen) atoms. The lowest BCUT2D eigenvalue weighted by Gasteiger charge is -1.98. The topological polar surface area (TPSA) is 91.3 Å². The van der Waals surface area contributed by atoms with Crippen LogP contribution in [0.15, 0.2) is 5.38 Å². The van der Waals surface area contributed by atoms with Crippen LogP contribution in [0.1, 0.15) is 17.4 Å². The average Bonchev–Trinajstić information content (AvgIpc) is 2.61. The molecule has 1 heterocycles. The Bertz CT molecular complexity index is 364. The van der Waals surface area contributed by atoms with Crippen molar-refractivity contribution in [1.82, 2.24) is 10.3 Å². The molecule has 0 saturated heterocycles. The summed E-state index contributed by atoms with van der Waals surface area (Å²) in [6.07, 6.45) is 0. The lowest BCUT2D eigenvalue weighted by atomic mass is 10.4. The van der Waals surface area contributed by atoms with Crippen LogP contribution in [0.25, 0.3) is 0 Å².